The van der Waals surface area contributed by atoms with Crippen LogP contribution in [0.2, 0.25) is 10.0 Å². The summed E-state index contributed by atoms with van der Waals surface area (Å²) in [6.07, 6.45) is 5.00. The number of nitrogens with zero attached hydrogens (tertiary/aromatic N) is 4. The Balaban J connectivity index is 1.66. The van der Waals surface area contributed by atoms with Crippen molar-refractivity contribution in [3.8, 4) is 5.75 Å². The number of thioether (sulfide) groups is 1. The van der Waals surface area contributed by atoms with Crippen molar-refractivity contribution in [1.82, 2.24) is 14.9 Å². The van der Waals surface area contributed by atoms with Crippen LogP contribution < -0.4 is 4.74 Å². The molecule has 3 rings (SSSR count). The largest absolute Gasteiger partial charge is 0.483 e. The van der Waals surface area contributed by atoms with E-state index < -0.39 is 0 Å². The SMILES string of the molecule is CSc1nncn1N=Cc1ccc(COc2c(Cl)cccc2Cl)o1. The van der Waals surface area contributed by atoms with Crippen molar-refractivity contribution in [2.75, 3.05) is 6.26 Å². The summed E-state index contributed by atoms with van der Waals surface area (Å²) in [4.78, 5) is 0. The molecule has 0 N–H and O–H groups in total. The lowest BCUT2D eigenvalue weighted by Gasteiger charge is -2.07. The van der Waals surface area contributed by atoms with Crippen molar-refractivity contribution in [3.05, 3.63) is 58.2 Å². The number of rotatable bonds is 6. The Bertz CT molecular complexity index is 843. The molecule has 9 heteroatoms. The van der Waals surface area contributed by atoms with Crippen molar-refractivity contribution in [3.63, 3.8) is 0 Å². The number of ether oxygens (including phenoxy) is 1. The molecule has 6 nitrogen and oxygen atoms in total. The second-order valence-corrected chi connectivity index (χ2v) is 6.14. The van der Waals surface area contributed by atoms with Crippen LogP contribution in [-0.2, 0) is 6.61 Å². The highest BCUT2D eigenvalue weighted by Crippen LogP contribution is 2.32. The van der Waals surface area contributed by atoms with Gasteiger partial charge in [0.1, 0.15) is 24.5 Å². The maximum atomic E-state index is 6.06. The standard InChI is InChI=1S/C15H12Cl2N4O2S/c1-24-15-20-18-9-21(15)19-7-10-5-6-11(23-10)8-22-14-12(16)3-2-4-13(14)17/h2-7,9H,8H2,1H3. The smallest absolute Gasteiger partial charge is 0.211 e. The van der Waals surface area contributed by atoms with Gasteiger partial charge in [0.2, 0.25) is 5.16 Å². The molecule has 0 radical (unpaired) electrons. The van der Waals surface area contributed by atoms with Gasteiger partial charge in [-0.05, 0) is 30.5 Å². The van der Waals surface area contributed by atoms with Crippen LogP contribution in [0.15, 0.2) is 51.3 Å². The van der Waals surface area contributed by atoms with Gasteiger partial charge in [-0.2, -0.15) is 9.78 Å². The number of benzene rings is 1. The number of para-hydroxylation sites is 1. The van der Waals surface area contributed by atoms with Crippen LogP contribution in [0.4, 0.5) is 0 Å². The normalized spacial score (nSPS) is 11.3. The highest BCUT2D eigenvalue weighted by atomic mass is 35.5. The van der Waals surface area contributed by atoms with E-state index in [-0.39, 0.29) is 6.61 Å². The molecule has 0 amide bonds. The average molecular weight is 383 g/mol. The minimum atomic E-state index is 0.208. The minimum absolute atomic E-state index is 0.208. The second-order valence-electron chi connectivity index (χ2n) is 4.55. The van der Waals surface area contributed by atoms with Gasteiger partial charge in [-0.3, -0.25) is 0 Å². The van der Waals surface area contributed by atoms with E-state index in [2.05, 4.69) is 15.3 Å². The van der Waals surface area contributed by atoms with Gasteiger partial charge in [-0.1, -0.05) is 41.0 Å². The molecule has 0 unspecified atom stereocenters. The highest BCUT2D eigenvalue weighted by molar-refractivity contribution is 7.98. The summed E-state index contributed by atoms with van der Waals surface area (Å²) < 4.78 is 12.8. The van der Waals surface area contributed by atoms with E-state index in [9.17, 15) is 0 Å². The molecule has 0 bridgehead atoms. The van der Waals surface area contributed by atoms with Crippen molar-refractivity contribution < 1.29 is 9.15 Å². The zero-order valence-corrected chi connectivity index (χ0v) is 14.8. The predicted molar refractivity (Wildman–Crippen MR) is 94.3 cm³/mol. The lowest BCUT2D eigenvalue weighted by atomic mass is 10.3. The van der Waals surface area contributed by atoms with Gasteiger partial charge in [0.15, 0.2) is 5.75 Å². The number of hydrogen-bond acceptors (Lipinski definition) is 6. The Labute approximate surface area is 152 Å². The molecule has 24 heavy (non-hydrogen) atoms. The third-order valence-corrected chi connectivity index (χ3v) is 4.18. The second kappa shape index (κ2) is 7.74. The van der Waals surface area contributed by atoms with E-state index in [0.717, 1.165) is 0 Å². The summed E-state index contributed by atoms with van der Waals surface area (Å²) in [5.41, 5.74) is 0. The summed E-state index contributed by atoms with van der Waals surface area (Å²) in [5, 5.41) is 13.5. The number of halogens is 2. The van der Waals surface area contributed by atoms with Crippen LogP contribution in [0.25, 0.3) is 0 Å². The van der Waals surface area contributed by atoms with E-state index >= 15 is 0 Å². The summed E-state index contributed by atoms with van der Waals surface area (Å²) >= 11 is 13.6. The Morgan fingerprint density at radius 3 is 2.83 bits per heavy atom. The van der Waals surface area contributed by atoms with Gasteiger partial charge >= 0.3 is 0 Å². The van der Waals surface area contributed by atoms with E-state index in [1.165, 1.54) is 18.1 Å². The molecule has 0 aliphatic rings. The average Bonchev–Trinajstić information content (AvgIpc) is 3.21. The minimum Gasteiger partial charge on any atom is -0.483 e. The van der Waals surface area contributed by atoms with Crippen LogP contribution in [0.3, 0.4) is 0 Å². The fraction of sp³-hybridized carbons (Fsp3) is 0.133. The summed E-state index contributed by atoms with van der Waals surface area (Å²) in [7, 11) is 0. The Kier molecular flexibility index (Phi) is 5.44. The van der Waals surface area contributed by atoms with Crippen LogP contribution in [0.5, 0.6) is 5.75 Å². The quantitative estimate of drug-likeness (QED) is 0.467. The Morgan fingerprint density at radius 2 is 2.08 bits per heavy atom. The van der Waals surface area contributed by atoms with Gasteiger partial charge in [0.05, 0.1) is 16.3 Å². The highest BCUT2D eigenvalue weighted by Gasteiger charge is 2.08. The van der Waals surface area contributed by atoms with Crippen molar-refractivity contribution in [2.45, 2.75) is 11.8 Å². The first-order valence-electron chi connectivity index (χ1n) is 6.81. The van der Waals surface area contributed by atoms with Crippen molar-refractivity contribution >= 4 is 41.2 Å². The summed E-state index contributed by atoms with van der Waals surface area (Å²) in [6.45, 7) is 0.208. The molecule has 0 aliphatic heterocycles. The maximum Gasteiger partial charge on any atom is 0.211 e. The molecule has 2 heterocycles. The molecular formula is C15H12Cl2N4O2S. The first kappa shape index (κ1) is 16.9. The van der Waals surface area contributed by atoms with E-state index in [4.69, 9.17) is 32.4 Å². The molecule has 0 fully saturated rings. The van der Waals surface area contributed by atoms with Crippen LogP contribution in [0, 0.1) is 0 Å². The predicted octanol–water partition coefficient (Wildman–Crippen LogP) is 4.36. The molecule has 3 aromatic rings. The fourth-order valence-electron chi connectivity index (χ4n) is 1.86. The van der Waals surface area contributed by atoms with Gasteiger partial charge in [-0.15, -0.1) is 10.2 Å². The molecule has 0 spiro atoms. The Morgan fingerprint density at radius 1 is 1.29 bits per heavy atom. The van der Waals surface area contributed by atoms with Gasteiger partial charge in [-0.25, -0.2) is 0 Å². The third-order valence-electron chi connectivity index (χ3n) is 2.95. The van der Waals surface area contributed by atoms with Gasteiger partial charge < -0.3 is 9.15 Å². The Hall–Kier alpha value is -1.96. The first-order valence-corrected chi connectivity index (χ1v) is 8.79. The molecular weight excluding hydrogens is 371 g/mol. The van der Waals surface area contributed by atoms with Crippen LogP contribution in [0.1, 0.15) is 11.5 Å². The number of furan rings is 1. The number of hydrogen-bond donors (Lipinski definition) is 0. The molecule has 0 saturated carbocycles. The summed E-state index contributed by atoms with van der Waals surface area (Å²) in [6, 6.07) is 8.77. The first-order chi connectivity index (χ1) is 11.7. The van der Waals surface area contributed by atoms with Gasteiger partial charge in [0.25, 0.3) is 0 Å². The van der Waals surface area contributed by atoms with Crippen LogP contribution >= 0.6 is 35.0 Å². The van der Waals surface area contributed by atoms with Gasteiger partial charge in [0, 0.05) is 0 Å². The molecule has 1 aromatic carbocycles. The lowest BCUT2D eigenvalue weighted by molar-refractivity contribution is 0.270. The summed E-state index contributed by atoms with van der Waals surface area (Å²) in [5.74, 6) is 1.64. The fourth-order valence-corrected chi connectivity index (χ4v) is 2.77. The molecule has 0 aliphatic carbocycles. The van der Waals surface area contributed by atoms with Crippen molar-refractivity contribution in [1.29, 1.82) is 0 Å². The molecule has 0 atom stereocenters. The van der Waals surface area contributed by atoms with E-state index in [0.29, 0.717) is 32.5 Å². The molecule has 0 saturated heterocycles. The third kappa shape index (κ3) is 3.92. The van der Waals surface area contributed by atoms with E-state index in [1.54, 1.807) is 41.2 Å². The monoisotopic (exact) mass is 382 g/mol. The zero-order valence-electron chi connectivity index (χ0n) is 12.5. The zero-order chi connectivity index (χ0) is 16.9. The van der Waals surface area contributed by atoms with Crippen LogP contribution in [-0.4, -0.2) is 27.3 Å². The van der Waals surface area contributed by atoms with E-state index in [1.807, 2.05) is 6.26 Å². The van der Waals surface area contributed by atoms with Crippen molar-refractivity contribution in [2.24, 2.45) is 5.10 Å². The molecule has 2 aromatic heterocycles. The number of aromatic nitrogens is 3. The molecule has 124 valence electrons. The lowest BCUT2D eigenvalue weighted by Crippen LogP contribution is -1.95. The topological polar surface area (TPSA) is 65.4 Å². The maximum absolute atomic E-state index is 6.06.